The topological polar surface area (TPSA) is 93.5 Å². The number of oxazole rings is 1. The number of hydrogen-bond donors (Lipinski definition) is 2. The van der Waals surface area contributed by atoms with Crippen LogP contribution in [-0.4, -0.2) is 34.7 Å². The second kappa shape index (κ2) is 9.43. The van der Waals surface area contributed by atoms with Gasteiger partial charge in [0, 0.05) is 17.5 Å². The van der Waals surface area contributed by atoms with Crippen molar-refractivity contribution >= 4 is 23.3 Å². The van der Waals surface area contributed by atoms with Crippen molar-refractivity contribution in [2.75, 3.05) is 6.54 Å². The van der Waals surface area contributed by atoms with Gasteiger partial charge in [-0.05, 0) is 52.0 Å². The molecule has 0 unspecified atom stereocenters. The predicted octanol–water partition coefficient (Wildman–Crippen LogP) is 4.45. The first-order chi connectivity index (χ1) is 13.6. The van der Waals surface area contributed by atoms with E-state index in [1.54, 1.807) is 11.3 Å². The maximum Gasteiger partial charge on any atom is 0.407 e. The Bertz CT molecular complexity index is 818. The average molecular weight is 422 g/mol. The summed E-state index contributed by atoms with van der Waals surface area (Å²) in [5.74, 6) is 0.996. The zero-order valence-electron chi connectivity index (χ0n) is 18.0. The highest BCUT2D eigenvalue weighted by Crippen LogP contribution is 2.24. The Morgan fingerprint density at radius 3 is 2.48 bits per heavy atom. The summed E-state index contributed by atoms with van der Waals surface area (Å²) in [5.41, 5.74) is 0.397. The van der Waals surface area contributed by atoms with Crippen molar-refractivity contribution in [3.8, 4) is 11.5 Å². The fourth-order valence-electron chi connectivity index (χ4n) is 2.87. The first kappa shape index (κ1) is 22.9. The van der Waals surface area contributed by atoms with E-state index in [-0.39, 0.29) is 12.3 Å². The highest BCUT2D eigenvalue weighted by molar-refractivity contribution is 7.08. The van der Waals surface area contributed by atoms with Gasteiger partial charge in [-0.3, -0.25) is 4.79 Å². The number of rotatable bonds is 8. The molecule has 7 nitrogen and oxygen atoms in total. The molecule has 2 aromatic rings. The Morgan fingerprint density at radius 2 is 1.93 bits per heavy atom. The van der Waals surface area contributed by atoms with Gasteiger partial charge in [0.15, 0.2) is 0 Å². The van der Waals surface area contributed by atoms with Crippen LogP contribution in [0, 0.1) is 6.92 Å². The van der Waals surface area contributed by atoms with Crippen LogP contribution in [0.1, 0.15) is 58.9 Å². The standard InChI is InChI=1S/C21H31N3O4S/c1-7-21(8-2,13-22-19(26)28-20(4,5)6)24-17(25)11-16-14(3)27-18(23-16)15-9-10-29-12-15/h9-10,12H,7-8,11,13H2,1-6H3,(H,22,26)(H,24,25). The highest BCUT2D eigenvalue weighted by Gasteiger charge is 2.30. The van der Waals surface area contributed by atoms with E-state index < -0.39 is 17.2 Å². The van der Waals surface area contributed by atoms with Crippen molar-refractivity contribution in [3.05, 3.63) is 28.3 Å². The lowest BCUT2D eigenvalue weighted by Crippen LogP contribution is -2.55. The Hall–Kier alpha value is -2.35. The highest BCUT2D eigenvalue weighted by atomic mass is 32.1. The molecule has 0 aliphatic carbocycles. The molecule has 0 spiro atoms. The van der Waals surface area contributed by atoms with Crippen molar-refractivity contribution in [2.24, 2.45) is 0 Å². The predicted molar refractivity (Wildman–Crippen MR) is 114 cm³/mol. The fourth-order valence-corrected chi connectivity index (χ4v) is 3.50. The van der Waals surface area contributed by atoms with Gasteiger partial charge in [0.1, 0.15) is 11.4 Å². The molecule has 0 radical (unpaired) electrons. The number of amides is 2. The average Bonchev–Trinajstić information content (AvgIpc) is 3.28. The maximum atomic E-state index is 12.7. The summed E-state index contributed by atoms with van der Waals surface area (Å²) in [4.78, 5) is 29.2. The molecule has 2 amide bonds. The number of thiophene rings is 1. The molecule has 0 atom stereocenters. The minimum atomic E-state index is -0.570. The summed E-state index contributed by atoms with van der Waals surface area (Å²) in [6, 6.07) is 1.93. The van der Waals surface area contributed by atoms with Gasteiger partial charge in [-0.2, -0.15) is 11.3 Å². The zero-order valence-corrected chi connectivity index (χ0v) is 18.9. The molecule has 2 rings (SSSR count). The van der Waals surface area contributed by atoms with Gasteiger partial charge in [0.05, 0.1) is 17.7 Å². The quantitative estimate of drug-likeness (QED) is 0.657. The van der Waals surface area contributed by atoms with E-state index in [4.69, 9.17) is 9.15 Å². The first-order valence-electron chi connectivity index (χ1n) is 9.84. The number of carbonyl (C=O) groups is 2. The molecule has 0 aromatic carbocycles. The number of ether oxygens (including phenoxy) is 1. The van der Waals surface area contributed by atoms with E-state index in [0.717, 1.165) is 5.56 Å². The summed E-state index contributed by atoms with van der Waals surface area (Å²) in [5, 5.41) is 9.76. The molecule has 2 N–H and O–H groups in total. The molecule has 0 bridgehead atoms. The molecule has 29 heavy (non-hydrogen) atoms. The zero-order chi connectivity index (χ0) is 21.7. The van der Waals surface area contributed by atoms with Crippen molar-refractivity contribution in [2.45, 2.75) is 71.9 Å². The van der Waals surface area contributed by atoms with E-state index in [9.17, 15) is 9.59 Å². The SMILES string of the molecule is CCC(CC)(CNC(=O)OC(C)(C)C)NC(=O)Cc1nc(-c2ccsc2)oc1C. The first-order valence-corrected chi connectivity index (χ1v) is 10.8. The van der Waals surface area contributed by atoms with Gasteiger partial charge in [-0.15, -0.1) is 0 Å². The van der Waals surface area contributed by atoms with Gasteiger partial charge in [0.2, 0.25) is 11.8 Å². The van der Waals surface area contributed by atoms with Gasteiger partial charge < -0.3 is 19.8 Å². The van der Waals surface area contributed by atoms with Crippen LogP contribution in [0.2, 0.25) is 0 Å². The summed E-state index contributed by atoms with van der Waals surface area (Å²) < 4.78 is 11.0. The fraction of sp³-hybridized carbons (Fsp3) is 0.571. The van der Waals surface area contributed by atoms with Crippen molar-refractivity contribution in [1.82, 2.24) is 15.6 Å². The molecular formula is C21H31N3O4S. The molecule has 8 heteroatoms. The Balaban J connectivity index is 2.01. The number of aromatic nitrogens is 1. The maximum absolute atomic E-state index is 12.7. The third-order valence-electron chi connectivity index (χ3n) is 4.72. The van der Waals surface area contributed by atoms with Crippen molar-refractivity contribution in [1.29, 1.82) is 0 Å². The summed E-state index contributed by atoms with van der Waals surface area (Å²) in [6.07, 6.45) is 0.963. The normalized spacial score (nSPS) is 11.9. The van der Waals surface area contributed by atoms with Crippen LogP contribution < -0.4 is 10.6 Å². The second-order valence-corrected chi connectivity index (χ2v) is 8.88. The number of hydrogen-bond acceptors (Lipinski definition) is 6. The van der Waals surface area contributed by atoms with Gasteiger partial charge in [-0.25, -0.2) is 9.78 Å². The lowest BCUT2D eigenvalue weighted by atomic mass is 9.92. The molecule has 160 valence electrons. The van der Waals surface area contributed by atoms with Crippen LogP contribution >= 0.6 is 11.3 Å². The smallest absolute Gasteiger partial charge is 0.407 e. The van der Waals surface area contributed by atoms with Crippen molar-refractivity contribution in [3.63, 3.8) is 0 Å². The minimum Gasteiger partial charge on any atom is -0.444 e. The lowest BCUT2D eigenvalue weighted by molar-refractivity contribution is -0.122. The molecule has 2 aromatic heterocycles. The number of alkyl carbamates (subject to hydrolysis) is 1. The summed E-state index contributed by atoms with van der Waals surface area (Å²) >= 11 is 1.56. The van der Waals surface area contributed by atoms with Crippen LogP contribution in [0.5, 0.6) is 0 Å². The van der Waals surface area contributed by atoms with Crippen LogP contribution in [0.25, 0.3) is 11.5 Å². The monoisotopic (exact) mass is 421 g/mol. The molecule has 0 aliphatic heterocycles. The molecule has 0 fully saturated rings. The van der Waals surface area contributed by atoms with Crippen LogP contribution in [-0.2, 0) is 16.0 Å². The van der Waals surface area contributed by atoms with E-state index in [2.05, 4.69) is 15.6 Å². The van der Waals surface area contributed by atoms with Gasteiger partial charge in [-0.1, -0.05) is 13.8 Å². The van der Waals surface area contributed by atoms with Gasteiger partial charge in [0.25, 0.3) is 0 Å². The molecule has 0 saturated carbocycles. The van der Waals surface area contributed by atoms with Crippen molar-refractivity contribution < 1.29 is 18.7 Å². The van der Waals surface area contributed by atoms with E-state index in [1.165, 1.54) is 0 Å². The number of aryl methyl sites for hydroxylation is 1. The second-order valence-electron chi connectivity index (χ2n) is 8.10. The Labute approximate surface area is 176 Å². The number of nitrogens with zero attached hydrogens (tertiary/aromatic N) is 1. The molecule has 0 saturated heterocycles. The molecule has 2 heterocycles. The number of carbonyl (C=O) groups excluding carboxylic acids is 2. The molecular weight excluding hydrogens is 390 g/mol. The third kappa shape index (κ3) is 6.59. The van der Waals surface area contributed by atoms with Gasteiger partial charge >= 0.3 is 6.09 Å². The third-order valence-corrected chi connectivity index (χ3v) is 5.40. The summed E-state index contributed by atoms with van der Waals surface area (Å²) in [6.45, 7) is 11.5. The van der Waals surface area contributed by atoms with Crippen LogP contribution in [0.3, 0.4) is 0 Å². The van der Waals surface area contributed by atoms with Crippen LogP contribution in [0.15, 0.2) is 21.2 Å². The lowest BCUT2D eigenvalue weighted by Gasteiger charge is -2.33. The molecule has 0 aliphatic rings. The van der Waals surface area contributed by atoms with E-state index in [1.807, 2.05) is 58.4 Å². The van der Waals surface area contributed by atoms with E-state index >= 15 is 0 Å². The summed E-state index contributed by atoms with van der Waals surface area (Å²) in [7, 11) is 0. The Kier molecular flexibility index (Phi) is 7.46. The minimum absolute atomic E-state index is 0.119. The Morgan fingerprint density at radius 1 is 1.24 bits per heavy atom. The van der Waals surface area contributed by atoms with E-state index in [0.29, 0.717) is 36.7 Å². The van der Waals surface area contributed by atoms with Crippen LogP contribution in [0.4, 0.5) is 4.79 Å². The number of nitrogens with one attached hydrogen (secondary N) is 2. The largest absolute Gasteiger partial charge is 0.444 e.